The number of fused-ring (bicyclic) bond motifs is 1. The Balaban J connectivity index is 1.88. The molecule has 110 valence electrons. The summed E-state index contributed by atoms with van der Waals surface area (Å²) in [4.78, 5) is 0. The van der Waals surface area contributed by atoms with Crippen molar-refractivity contribution in [2.45, 2.75) is 39.2 Å². The molecule has 2 aromatic rings. The van der Waals surface area contributed by atoms with Crippen LogP contribution in [0.3, 0.4) is 0 Å². The highest BCUT2D eigenvalue weighted by Crippen LogP contribution is 2.30. The Morgan fingerprint density at radius 3 is 2.43 bits per heavy atom. The van der Waals surface area contributed by atoms with Crippen molar-refractivity contribution < 1.29 is 0 Å². The van der Waals surface area contributed by atoms with Crippen LogP contribution < -0.4 is 5.32 Å². The van der Waals surface area contributed by atoms with E-state index in [1.54, 1.807) is 0 Å². The van der Waals surface area contributed by atoms with Crippen LogP contribution in [0.5, 0.6) is 0 Å². The minimum Gasteiger partial charge on any atom is -0.313 e. The maximum absolute atomic E-state index is 6.42. The third kappa shape index (κ3) is 3.30. The predicted molar refractivity (Wildman–Crippen MR) is 90.9 cm³/mol. The lowest BCUT2D eigenvalue weighted by molar-refractivity contribution is 0.686. The molecule has 0 saturated carbocycles. The molecule has 0 saturated heterocycles. The highest BCUT2D eigenvalue weighted by molar-refractivity contribution is 6.31. The topological polar surface area (TPSA) is 12.0 Å². The fourth-order valence-electron chi connectivity index (χ4n) is 3.04. The molecular weight excluding hydrogens is 278 g/mol. The van der Waals surface area contributed by atoms with Gasteiger partial charge >= 0.3 is 0 Å². The van der Waals surface area contributed by atoms with E-state index in [9.17, 15) is 0 Å². The summed E-state index contributed by atoms with van der Waals surface area (Å²) in [7, 11) is 0. The number of hydrogen-bond donors (Lipinski definition) is 1. The van der Waals surface area contributed by atoms with Crippen LogP contribution in [0.25, 0.3) is 11.1 Å². The van der Waals surface area contributed by atoms with Gasteiger partial charge in [0.1, 0.15) is 0 Å². The lowest BCUT2D eigenvalue weighted by Gasteiger charge is -2.17. The van der Waals surface area contributed by atoms with E-state index in [4.69, 9.17) is 11.6 Å². The number of halogens is 1. The molecule has 3 rings (SSSR count). The first-order chi connectivity index (χ1) is 10.3. The summed E-state index contributed by atoms with van der Waals surface area (Å²) in [5, 5.41) is 4.17. The molecule has 0 unspecified atom stereocenters. The molecule has 0 aliphatic heterocycles. The second-order valence-electron chi connectivity index (χ2n) is 5.78. The van der Waals surface area contributed by atoms with Crippen LogP contribution in [-0.2, 0) is 19.4 Å². The van der Waals surface area contributed by atoms with E-state index in [-0.39, 0.29) is 0 Å². The first kappa shape index (κ1) is 14.6. The van der Waals surface area contributed by atoms with Crippen LogP contribution in [0.4, 0.5) is 0 Å². The summed E-state index contributed by atoms with van der Waals surface area (Å²) in [6.07, 6.45) is 5.10. The summed E-state index contributed by atoms with van der Waals surface area (Å²) >= 11 is 6.42. The van der Waals surface area contributed by atoms with Crippen LogP contribution >= 0.6 is 11.6 Å². The zero-order valence-electron chi connectivity index (χ0n) is 12.6. The largest absolute Gasteiger partial charge is 0.313 e. The van der Waals surface area contributed by atoms with Crippen molar-refractivity contribution in [3.05, 3.63) is 58.1 Å². The van der Waals surface area contributed by atoms with E-state index in [0.29, 0.717) is 0 Å². The summed E-state index contributed by atoms with van der Waals surface area (Å²) in [5.41, 5.74) is 6.72. The summed E-state index contributed by atoms with van der Waals surface area (Å²) in [5.74, 6) is 0. The van der Waals surface area contributed by atoms with Crippen LogP contribution in [0.1, 0.15) is 36.5 Å². The minimum atomic E-state index is 0.833. The quantitative estimate of drug-likeness (QED) is 0.838. The van der Waals surface area contributed by atoms with Crippen molar-refractivity contribution in [3.8, 4) is 11.1 Å². The number of rotatable bonds is 4. The van der Waals surface area contributed by atoms with Crippen LogP contribution in [-0.4, -0.2) is 6.54 Å². The Morgan fingerprint density at radius 1 is 0.952 bits per heavy atom. The van der Waals surface area contributed by atoms with Crippen molar-refractivity contribution in [2.24, 2.45) is 0 Å². The van der Waals surface area contributed by atoms with Gasteiger partial charge in [0.05, 0.1) is 0 Å². The first-order valence-corrected chi connectivity index (χ1v) is 8.27. The van der Waals surface area contributed by atoms with Gasteiger partial charge in [-0.1, -0.05) is 48.9 Å². The van der Waals surface area contributed by atoms with Crippen LogP contribution in [0.2, 0.25) is 5.02 Å². The van der Waals surface area contributed by atoms with E-state index in [2.05, 4.69) is 48.6 Å². The van der Waals surface area contributed by atoms with Gasteiger partial charge in [0.25, 0.3) is 0 Å². The number of aryl methyl sites for hydroxylation is 2. The predicted octanol–water partition coefficient (Wildman–Crippen LogP) is 5.00. The molecule has 1 aliphatic carbocycles. The standard InChI is InChI=1S/C19H22ClN/c1-2-21-13-18-10-9-17(12-19(18)20)16-8-7-14-5-3-4-6-15(14)11-16/h7-12,21H,2-6,13H2,1H3. The van der Waals surface area contributed by atoms with E-state index in [0.717, 1.165) is 18.1 Å². The van der Waals surface area contributed by atoms with Gasteiger partial charge in [0, 0.05) is 11.6 Å². The summed E-state index contributed by atoms with van der Waals surface area (Å²) in [6, 6.07) is 13.3. The Hall–Kier alpha value is -1.31. The molecule has 0 heterocycles. The smallest absolute Gasteiger partial charge is 0.0457 e. The second-order valence-corrected chi connectivity index (χ2v) is 6.18. The summed E-state index contributed by atoms with van der Waals surface area (Å²) in [6.45, 7) is 3.90. The third-order valence-electron chi connectivity index (χ3n) is 4.30. The molecule has 0 aromatic heterocycles. The zero-order chi connectivity index (χ0) is 14.7. The van der Waals surface area contributed by atoms with Gasteiger partial charge in [-0.2, -0.15) is 0 Å². The van der Waals surface area contributed by atoms with Crippen molar-refractivity contribution in [1.29, 1.82) is 0 Å². The third-order valence-corrected chi connectivity index (χ3v) is 4.65. The molecular formula is C19H22ClN. The van der Waals surface area contributed by atoms with Crippen molar-refractivity contribution >= 4 is 11.6 Å². The van der Waals surface area contributed by atoms with Gasteiger partial charge in [-0.25, -0.2) is 0 Å². The average Bonchev–Trinajstić information content (AvgIpc) is 2.53. The highest BCUT2D eigenvalue weighted by atomic mass is 35.5. The molecule has 1 N–H and O–H groups in total. The SMILES string of the molecule is CCNCc1ccc(-c2ccc3c(c2)CCCC3)cc1Cl. The van der Waals surface area contributed by atoms with Crippen molar-refractivity contribution in [2.75, 3.05) is 6.54 Å². The maximum atomic E-state index is 6.42. The van der Waals surface area contributed by atoms with Gasteiger partial charge in [-0.15, -0.1) is 0 Å². The first-order valence-electron chi connectivity index (χ1n) is 7.89. The highest BCUT2D eigenvalue weighted by Gasteiger charge is 2.11. The molecule has 1 aliphatic rings. The monoisotopic (exact) mass is 299 g/mol. The fraction of sp³-hybridized carbons (Fsp3) is 0.368. The zero-order valence-corrected chi connectivity index (χ0v) is 13.3. The summed E-state index contributed by atoms with van der Waals surface area (Å²) < 4.78 is 0. The molecule has 2 aromatic carbocycles. The van der Waals surface area contributed by atoms with E-state index >= 15 is 0 Å². The van der Waals surface area contributed by atoms with Gasteiger partial charge in [-0.3, -0.25) is 0 Å². The van der Waals surface area contributed by atoms with E-state index in [1.165, 1.54) is 53.5 Å². The second kappa shape index (κ2) is 6.64. The lowest BCUT2D eigenvalue weighted by atomic mass is 9.89. The maximum Gasteiger partial charge on any atom is 0.0457 e. The number of benzene rings is 2. The minimum absolute atomic E-state index is 0.833. The Morgan fingerprint density at radius 2 is 1.67 bits per heavy atom. The average molecular weight is 300 g/mol. The van der Waals surface area contributed by atoms with Crippen LogP contribution in [0.15, 0.2) is 36.4 Å². The van der Waals surface area contributed by atoms with Crippen molar-refractivity contribution in [1.82, 2.24) is 5.32 Å². The number of nitrogens with one attached hydrogen (secondary N) is 1. The fourth-order valence-corrected chi connectivity index (χ4v) is 3.29. The van der Waals surface area contributed by atoms with Crippen LogP contribution in [0, 0.1) is 0 Å². The normalized spacial score (nSPS) is 14.0. The Bertz CT molecular complexity index is 633. The van der Waals surface area contributed by atoms with Gasteiger partial charge < -0.3 is 5.32 Å². The molecule has 21 heavy (non-hydrogen) atoms. The Labute approximate surface area is 132 Å². The Kier molecular flexibility index (Phi) is 4.62. The number of hydrogen-bond acceptors (Lipinski definition) is 1. The molecule has 0 amide bonds. The molecule has 1 nitrogen and oxygen atoms in total. The van der Waals surface area contributed by atoms with Gasteiger partial charge in [0.2, 0.25) is 0 Å². The van der Waals surface area contributed by atoms with E-state index in [1.807, 2.05) is 0 Å². The molecule has 0 radical (unpaired) electrons. The van der Waals surface area contributed by atoms with Gasteiger partial charge in [-0.05, 0) is 66.1 Å². The molecule has 0 spiro atoms. The van der Waals surface area contributed by atoms with Gasteiger partial charge in [0.15, 0.2) is 0 Å². The van der Waals surface area contributed by atoms with Crippen molar-refractivity contribution in [3.63, 3.8) is 0 Å². The molecule has 0 fully saturated rings. The molecule has 0 atom stereocenters. The molecule has 0 bridgehead atoms. The van der Waals surface area contributed by atoms with E-state index < -0.39 is 0 Å². The molecule has 2 heteroatoms. The lowest BCUT2D eigenvalue weighted by Crippen LogP contribution is -2.11.